The summed E-state index contributed by atoms with van der Waals surface area (Å²) in [6.07, 6.45) is 2.59. The van der Waals surface area contributed by atoms with E-state index >= 15 is 0 Å². The van der Waals surface area contributed by atoms with Crippen molar-refractivity contribution in [1.29, 1.82) is 0 Å². The highest BCUT2D eigenvalue weighted by Gasteiger charge is 2.44. The van der Waals surface area contributed by atoms with Crippen LogP contribution in [0.1, 0.15) is 24.0 Å². The lowest BCUT2D eigenvalue weighted by Crippen LogP contribution is -2.58. The second-order valence-corrected chi connectivity index (χ2v) is 9.84. The van der Waals surface area contributed by atoms with Crippen LogP contribution < -0.4 is 11.3 Å². The van der Waals surface area contributed by atoms with Gasteiger partial charge in [0.1, 0.15) is 30.5 Å². The molecule has 0 bridgehead atoms. The number of hydrazine groups is 1. The minimum Gasteiger partial charge on any atom is -0.393 e. The first kappa shape index (κ1) is 31.3. The van der Waals surface area contributed by atoms with E-state index in [1.807, 2.05) is 6.07 Å². The van der Waals surface area contributed by atoms with Gasteiger partial charge >= 0.3 is 6.03 Å². The lowest BCUT2D eigenvalue weighted by Gasteiger charge is -2.46. The molecule has 0 spiro atoms. The number of urea groups is 1. The van der Waals surface area contributed by atoms with Crippen molar-refractivity contribution in [3.8, 4) is 0 Å². The molecule has 2 aliphatic heterocycles. The molecule has 1 unspecified atom stereocenters. The van der Waals surface area contributed by atoms with Gasteiger partial charge in [0.15, 0.2) is 0 Å². The summed E-state index contributed by atoms with van der Waals surface area (Å²) >= 11 is 0. The smallest absolute Gasteiger partial charge is 0.321 e. The van der Waals surface area contributed by atoms with Crippen LogP contribution in [0.3, 0.4) is 0 Å². The molecule has 4 N–H and O–H groups in total. The van der Waals surface area contributed by atoms with Crippen LogP contribution in [0.15, 0.2) is 60.3 Å². The van der Waals surface area contributed by atoms with E-state index in [1.165, 1.54) is 11.0 Å². The Morgan fingerprint density at radius 1 is 1.18 bits per heavy atom. The van der Waals surface area contributed by atoms with Gasteiger partial charge < -0.3 is 14.9 Å². The number of likely N-dealkylation sites (tertiary alicyclic amines) is 1. The van der Waals surface area contributed by atoms with Crippen LogP contribution in [0.5, 0.6) is 0 Å². The van der Waals surface area contributed by atoms with Crippen LogP contribution >= 0.6 is 0 Å². The number of amides is 2. The zero-order valence-electron chi connectivity index (χ0n) is 22.8. The van der Waals surface area contributed by atoms with Crippen molar-refractivity contribution in [2.24, 2.45) is 5.84 Å². The highest BCUT2D eigenvalue weighted by Crippen LogP contribution is 2.37. The number of aliphatic hydroxyl groups is 1. The van der Waals surface area contributed by atoms with Gasteiger partial charge in [-0.25, -0.2) is 22.4 Å². The fourth-order valence-corrected chi connectivity index (χ4v) is 5.17. The van der Waals surface area contributed by atoms with Crippen LogP contribution in [-0.2, 0) is 5.54 Å². The molecule has 0 aromatic heterocycles. The Morgan fingerprint density at radius 3 is 2.38 bits per heavy atom. The number of alkyl halides is 2. The average Bonchev–Trinajstić information content (AvgIpc) is 2.99. The fraction of sp³-hybridized carbons (Fsp3) is 0.448. The Kier molecular flexibility index (Phi) is 11.3. The van der Waals surface area contributed by atoms with E-state index in [0.717, 1.165) is 18.2 Å². The number of benzene rings is 2. The second-order valence-electron chi connectivity index (χ2n) is 9.84. The maximum Gasteiger partial charge on any atom is 0.321 e. The van der Waals surface area contributed by atoms with E-state index in [9.17, 15) is 27.5 Å². The maximum atomic E-state index is 14.6. The second kappa shape index (κ2) is 14.4. The Morgan fingerprint density at radius 2 is 1.80 bits per heavy atom. The van der Waals surface area contributed by atoms with Crippen molar-refractivity contribution >= 4 is 11.6 Å². The van der Waals surface area contributed by atoms with Gasteiger partial charge in [0, 0.05) is 37.3 Å². The van der Waals surface area contributed by atoms with Gasteiger partial charge in [-0.1, -0.05) is 30.3 Å². The summed E-state index contributed by atoms with van der Waals surface area (Å²) in [5, 5.41) is 10.6. The molecule has 40 heavy (non-hydrogen) atoms. The summed E-state index contributed by atoms with van der Waals surface area (Å²) in [6, 6.07) is 10.7. The Labute approximate surface area is 232 Å². The molecular formula is C29H37F4N5O2. The Balaban J connectivity index is 0.00000141. The Hall–Kier alpha value is -3.21. The lowest BCUT2D eigenvalue weighted by atomic mass is 9.85. The monoisotopic (exact) mass is 563 g/mol. The minimum absolute atomic E-state index is 0.00639. The predicted molar refractivity (Wildman–Crippen MR) is 146 cm³/mol. The number of halogens is 4. The molecule has 2 aliphatic rings. The van der Waals surface area contributed by atoms with Gasteiger partial charge in [0.2, 0.25) is 0 Å². The van der Waals surface area contributed by atoms with E-state index in [0.29, 0.717) is 31.5 Å². The van der Waals surface area contributed by atoms with E-state index in [-0.39, 0.29) is 23.7 Å². The third-order valence-corrected chi connectivity index (χ3v) is 7.50. The van der Waals surface area contributed by atoms with Crippen LogP contribution in [0.25, 0.3) is 5.57 Å². The van der Waals surface area contributed by atoms with Gasteiger partial charge in [0.25, 0.3) is 0 Å². The lowest BCUT2D eigenvalue weighted by molar-refractivity contribution is 0.0501. The largest absolute Gasteiger partial charge is 0.393 e. The molecule has 0 saturated carbocycles. The van der Waals surface area contributed by atoms with Crippen molar-refractivity contribution in [2.75, 3.05) is 53.7 Å². The predicted octanol–water partition coefficient (Wildman–Crippen LogP) is 3.61. The van der Waals surface area contributed by atoms with E-state index in [4.69, 9.17) is 0 Å². The number of aliphatic hydroxyl groups excluding tert-OH is 1. The minimum atomic E-state index is -1.27. The molecule has 218 valence electrons. The number of carbonyl (C=O) groups excluding carboxylic acids is 1. The van der Waals surface area contributed by atoms with Crippen LogP contribution in [0, 0.1) is 11.6 Å². The molecule has 11 heteroatoms. The number of rotatable bonds is 7. The topological polar surface area (TPSA) is 85.1 Å². The molecule has 1 fully saturated rings. The molecule has 4 rings (SSSR count). The van der Waals surface area contributed by atoms with Crippen molar-refractivity contribution in [1.82, 2.24) is 20.1 Å². The zero-order chi connectivity index (χ0) is 29.3. The molecule has 0 radical (unpaired) electrons. The van der Waals surface area contributed by atoms with Gasteiger partial charge in [-0.2, -0.15) is 0 Å². The number of hydrogen-bond donors (Lipinski definition) is 3. The molecule has 2 amide bonds. The summed E-state index contributed by atoms with van der Waals surface area (Å²) in [7, 11) is 3.31. The number of nitrogens with two attached hydrogens (primary N) is 1. The SMILES string of the molecule is CN(C(=O)N1CC(c2cc(F)ccc2F)=C=CC1(CO)c1ccccc1)C1CCN(C(CF)CF)CC1.CNN. The van der Waals surface area contributed by atoms with Crippen LogP contribution in [-0.4, -0.2) is 91.6 Å². The van der Waals surface area contributed by atoms with Crippen molar-refractivity contribution in [3.05, 3.63) is 83.1 Å². The summed E-state index contributed by atoms with van der Waals surface area (Å²) in [5.74, 6) is 3.34. The Bertz CT molecular complexity index is 1180. The highest BCUT2D eigenvalue weighted by molar-refractivity contribution is 5.81. The number of hydrogen-bond acceptors (Lipinski definition) is 5. The molecule has 2 aromatic rings. The third-order valence-electron chi connectivity index (χ3n) is 7.50. The average molecular weight is 564 g/mol. The molecule has 2 aromatic carbocycles. The molecule has 0 aliphatic carbocycles. The summed E-state index contributed by atoms with van der Waals surface area (Å²) in [6.45, 7) is -1.19. The number of nitrogens with one attached hydrogen (secondary N) is 1. The molecular weight excluding hydrogens is 526 g/mol. The zero-order valence-corrected chi connectivity index (χ0v) is 22.8. The van der Waals surface area contributed by atoms with E-state index < -0.39 is 49.2 Å². The molecule has 2 heterocycles. The van der Waals surface area contributed by atoms with Crippen molar-refractivity contribution < 1.29 is 27.5 Å². The van der Waals surface area contributed by atoms with Crippen LogP contribution in [0.2, 0.25) is 0 Å². The normalized spacial score (nSPS) is 19.7. The summed E-state index contributed by atoms with van der Waals surface area (Å²) in [5.41, 5.74) is 4.91. The summed E-state index contributed by atoms with van der Waals surface area (Å²) < 4.78 is 54.9. The quantitative estimate of drug-likeness (QED) is 0.208. The first-order valence-corrected chi connectivity index (χ1v) is 13.1. The van der Waals surface area contributed by atoms with Gasteiger partial charge in [-0.15, -0.1) is 5.73 Å². The van der Waals surface area contributed by atoms with Gasteiger partial charge in [-0.3, -0.25) is 16.2 Å². The molecule has 7 nitrogen and oxygen atoms in total. The van der Waals surface area contributed by atoms with Crippen molar-refractivity contribution in [3.63, 3.8) is 0 Å². The molecule has 1 saturated heterocycles. The first-order valence-electron chi connectivity index (χ1n) is 13.1. The highest BCUT2D eigenvalue weighted by atomic mass is 19.1. The third kappa shape index (κ3) is 6.74. The van der Waals surface area contributed by atoms with E-state index in [1.54, 1.807) is 48.2 Å². The van der Waals surface area contributed by atoms with Gasteiger partial charge in [0.05, 0.1) is 19.2 Å². The maximum absolute atomic E-state index is 14.6. The molecule has 1 atom stereocenters. The van der Waals surface area contributed by atoms with Gasteiger partial charge in [-0.05, 0) is 49.7 Å². The van der Waals surface area contributed by atoms with E-state index in [2.05, 4.69) is 17.0 Å². The van der Waals surface area contributed by atoms with Crippen molar-refractivity contribution in [2.45, 2.75) is 30.5 Å². The fourth-order valence-electron chi connectivity index (χ4n) is 5.17. The first-order chi connectivity index (χ1) is 19.3. The van der Waals surface area contributed by atoms with Crippen LogP contribution in [0.4, 0.5) is 22.4 Å². The number of carbonyl (C=O) groups is 1. The standard InChI is InChI=1S/C28H31F4N3O2.CH6N2/c1-33(23-10-13-34(14-11-23)24(16-29)17-30)27(37)35-18-20(25-15-22(31)7-8-26(25)32)9-12-28(35,19-36)21-5-3-2-4-6-21;1-3-2/h2-8,12,15,23-24,36H,10-11,13-14,16-19H2,1H3;3H,2H2,1H3. The summed E-state index contributed by atoms with van der Waals surface area (Å²) in [4.78, 5) is 18.8. The number of piperidine rings is 1. The number of nitrogens with zero attached hydrogens (tertiary/aromatic N) is 3.